The van der Waals surface area contributed by atoms with E-state index in [2.05, 4.69) is 5.32 Å². The molecule has 0 saturated carbocycles. The van der Waals surface area contributed by atoms with E-state index in [4.69, 9.17) is 4.74 Å². The lowest BCUT2D eigenvalue weighted by Crippen LogP contribution is -2.36. The van der Waals surface area contributed by atoms with Gasteiger partial charge in [-0.1, -0.05) is 6.07 Å². The molecular weight excluding hydrogens is 242 g/mol. The topological polar surface area (TPSA) is 55.4 Å². The van der Waals surface area contributed by atoms with Crippen LogP contribution in [0.2, 0.25) is 0 Å². The van der Waals surface area contributed by atoms with Crippen LogP contribution in [0, 0.1) is 5.41 Å². The second kappa shape index (κ2) is 4.37. The average molecular weight is 259 g/mol. The Morgan fingerprint density at radius 1 is 1.32 bits per heavy atom. The molecule has 1 aromatic carbocycles. The summed E-state index contributed by atoms with van der Waals surface area (Å²) in [6.07, 6.45) is 3.43. The van der Waals surface area contributed by atoms with Gasteiger partial charge < -0.3 is 10.1 Å². The van der Waals surface area contributed by atoms with Crippen LogP contribution in [-0.2, 0) is 22.4 Å². The number of hydrogen-bond acceptors (Lipinski definition) is 3. The number of nitrogens with one attached hydrogen (secondary N) is 1. The molecule has 0 aromatic heterocycles. The SMILES string of the molecule is COC(=O)c1ccc2c(c1)CC[C@@]1(CCNC1=O)C2. The van der Waals surface area contributed by atoms with Crippen molar-refractivity contribution >= 4 is 11.9 Å². The van der Waals surface area contributed by atoms with Crippen LogP contribution < -0.4 is 5.32 Å². The van der Waals surface area contributed by atoms with Crippen LogP contribution in [0.3, 0.4) is 0 Å². The molecule has 1 aliphatic carbocycles. The fraction of sp³-hybridized carbons (Fsp3) is 0.467. The third-order valence-corrected chi connectivity index (χ3v) is 4.40. The third-order valence-electron chi connectivity index (χ3n) is 4.40. The highest BCUT2D eigenvalue weighted by Crippen LogP contribution is 2.41. The average Bonchev–Trinajstić information content (AvgIpc) is 2.78. The van der Waals surface area contributed by atoms with E-state index >= 15 is 0 Å². The van der Waals surface area contributed by atoms with Crippen LogP contribution in [0.15, 0.2) is 18.2 Å². The number of methoxy groups -OCH3 is 1. The van der Waals surface area contributed by atoms with Gasteiger partial charge in [-0.25, -0.2) is 4.79 Å². The second-order valence-corrected chi connectivity index (χ2v) is 5.44. The summed E-state index contributed by atoms with van der Waals surface area (Å²) in [6.45, 7) is 0.786. The number of ether oxygens (including phenoxy) is 1. The van der Waals surface area contributed by atoms with E-state index in [1.807, 2.05) is 12.1 Å². The highest BCUT2D eigenvalue weighted by Gasteiger charge is 2.44. The molecule has 1 aromatic rings. The number of hydrogen-bond donors (Lipinski definition) is 1. The molecule has 19 heavy (non-hydrogen) atoms. The molecule has 0 radical (unpaired) electrons. The Labute approximate surface area is 112 Å². The molecule has 0 bridgehead atoms. The van der Waals surface area contributed by atoms with Gasteiger partial charge in [0.25, 0.3) is 0 Å². The molecule has 1 fully saturated rings. The highest BCUT2D eigenvalue weighted by molar-refractivity contribution is 5.90. The summed E-state index contributed by atoms with van der Waals surface area (Å²) in [5, 5.41) is 2.94. The van der Waals surface area contributed by atoms with Crippen molar-refractivity contribution < 1.29 is 14.3 Å². The first-order chi connectivity index (χ1) is 9.14. The third kappa shape index (κ3) is 1.91. The number of carbonyl (C=O) groups excluding carboxylic acids is 2. The lowest BCUT2D eigenvalue weighted by molar-refractivity contribution is -0.128. The maximum atomic E-state index is 12.0. The van der Waals surface area contributed by atoms with E-state index in [-0.39, 0.29) is 17.3 Å². The van der Waals surface area contributed by atoms with Gasteiger partial charge in [0.05, 0.1) is 18.1 Å². The number of benzene rings is 1. The Balaban J connectivity index is 1.91. The molecule has 1 heterocycles. The first-order valence-electron chi connectivity index (χ1n) is 6.63. The van der Waals surface area contributed by atoms with Crippen LogP contribution >= 0.6 is 0 Å². The minimum absolute atomic E-state index is 0.190. The van der Waals surface area contributed by atoms with Gasteiger partial charge >= 0.3 is 5.97 Å². The molecule has 3 rings (SSSR count). The fourth-order valence-electron chi connectivity index (χ4n) is 3.23. The van der Waals surface area contributed by atoms with Gasteiger partial charge in [-0.05, 0) is 48.9 Å². The zero-order chi connectivity index (χ0) is 13.5. The molecule has 1 atom stereocenters. The van der Waals surface area contributed by atoms with E-state index in [0.717, 1.165) is 32.2 Å². The zero-order valence-corrected chi connectivity index (χ0v) is 11.0. The van der Waals surface area contributed by atoms with Gasteiger partial charge in [0, 0.05) is 6.54 Å². The van der Waals surface area contributed by atoms with Crippen molar-refractivity contribution in [2.75, 3.05) is 13.7 Å². The van der Waals surface area contributed by atoms with E-state index < -0.39 is 0 Å². The number of amides is 1. The molecule has 4 nitrogen and oxygen atoms in total. The zero-order valence-electron chi connectivity index (χ0n) is 11.0. The molecule has 1 amide bonds. The van der Waals surface area contributed by atoms with E-state index in [0.29, 0.717) is 5.56 Å². The maximum Gasteiger partial charge on any atom is 0.337 e. The van der Waals surface area contributed by atoms with Crippen molar-refractivity contribution in [3.05, 3.63) is 34.9 Å². The predicted octanol–water partition coefficient (Wildman–Crippen LogP) is 1.47. The molecule has 1 spiro atoms. The van der Waals surface area contributed by atoms with E-state index in [1.165, 1.54) is 18.2 Å². The van der Waals surface area contributed by atoms with Crippen LogP contribution in [0.25, 0.3) is 0 Å². The smallest absolute Gasteiger partial charge is 0.337 e. The maximum absolute atomic E-state index is 12.0. The van der Waals surface area contributed by atoms with Crippen LogP contribution in [0.1, 0.15) is 34.3 Å². The molecule has 1 saturated heterocycles. The largest absolute Gasteiger partial charge is 0.465 e. The van der Waals surface area contributed by atoms with Crippen LogP contribution in [-0.4, -0.2) is 25.5 Å². The van der Waals surface area contributed by atoms with Crippen LogP contribution in [0.4, 0.5) is 0 Å². The summed E-state index contributed by atoms with van der Waals surface area (Å²) >= 11 is 0. The molecular formula is C15H17NO3. The Bertz CT molecular complexity index is 552. The monoisotopic (exact) mass is 259 g/mol. The normalized spacial score (nSPS) is 25.0. The Hall–Kier alpha value is -1.84. The molecule has 100 valence electrons. The Morgan fingerprint density at radius 2 is 2.16 bits per heavy atom. The Morgan fingerprint density at radius 3 is 2.84 bits per heavy atom. The Kier molecular flexibility index (Phi) is 2.81. The van der Waals surface area contributed by atoms with Gasteiger partial charge in [-0.3, -0.25) is 4.79 Å². The number of fused-ring (bicyclic) bond motifs is 1. The standard InChI is InChI=1S/C15H17NO3/c1-19-13(17)11-2-3-12-9-15(5-4-10(12)8-11)6-7-16-14(15)18/h2-3,8H,4-7,9H2,1H3,(H,16,18)/t15-/m1/s1. The molecule has 2 aliphatic rings. The summed E-state index contributed by atoms with van der Waals surface area (Å²) in [6, 6.07) is 5.66. The minimum Gasteiger partial charge on any atom is -0.465 e. The molecule has 0 unspecified atom stereocenters. The molecule has 4 heteroatoms. The van der Waals surface area contributed by atoms with Gasteiger partial charge in [0.1, 0.15) is 0 Å². The summed E-state index contributed by atoms with van der Waals surface area (Å²) < 4.78 is 4.73. The lowest BCUT2D eigenvalue weighted by atomic mass is 9.70. The lowest BCUT2D eigenvalue weighted by Gasteiger charge is -2.32. The van der Waals surface area contributed by atoms with E-state index in [9.17, 15) is 9.59 Å². The van der Waals surface area contributed by atoms with Crippen molar-refractivity contribution in [3.8, 4) is 0 Å². The highest BCUT2D eigenvalue weighted by atomic mass is 16.5. The minimum atomic E-state index is -0.304. The number of esters is 1. The quantitative estimate of drug-likeness (QED) is 0.777. The van der Waals surface area contributed by atoms with Gasteiger partial charge in [0.2, 0.25) is 5.91 Å². The van der Waals surface area contributed by atoms with Crippen molar-refractivity contribution in [1.29, 1.82) is 0 Å². The first-order valence-corrected chi connectivity index (χ1v) is 6.63. The summed E-state index contributed by atoms with van der Waals surface area (Å²) in [5.41, 5.74) is 2.75. The van der Waals surface area contributed by atoms with Gasteiger partial charge in [-0.15, -0.1) is 0 Å². The van der Waals surface area contributed by atoms with Gasteiger partial charge in [0.15, 0.2) is 0 Å². The van der Waals surface area contributed by atoms with Crippen molar-refractivity contribution in [2.24, 2.45) is 5.41 Å². The second-order valence-electron chi connectivity index (χ2n) is 5.44. The summed E-state index contributed by atoms with van der Waals surface area (Å²) in [5.74, 6) is -0.114. The fourth-order valence-corrected chi connectivity index (χ4v) is 3.23. The molecule has 1 N–H and O–H groups in total. The van der Waals surface area contributed by atoms with Crippen molar-refractivity contribution in [1.82, 2.24) is 5.32 Å². The summed E-state index contributed by atoms with van der Waals surface area (Å²) in [4.78, 5) is 23.5. The number of aryl methyl sites for hydroxylation is 1. The van der Waals surface area contributed by atoms with Crippen molar-refractivity contribution in [2.45, 2.75) is 25.7 Å². The number of rotatable bonds is 1. The van der Waals surface area contributed by atoms with Crippen LogP contribution in [0.5, 0.6) is 0 Å². The number of carbonyl (C=O) groups is 2. The van der Waals surface area contributed by atoms with Crippen molar-refractivity contribution in [3.63, 3.8) is 0 Å². The first kappa shape index (κ1) is 12.2. The van der Waals surface area contributed by atoms with E-state index in [1.54, 1.807) is 6.07 Å². The summed E-state index contributed by atoms with van der Waals surface area (Å²) in [7, 11) is 1.39. The van der Waals surface area contributed by atoms with Gasteiger partial charge in [-0.2, -0.15) is 0 Å². The predicted molar refractivity (Wildman–Crippen MR) is 69.9 cm³/mol. The molecule has 1 aliphatic heterocycles.